The summed E-state index contributed by atoms with van der Waals surface area (Å²) in [6.07, 6.45) is 0. The summed E-state index contributed by atoms with van der Waals surface area (Å²) >= 11 is 0.194. The number of nitrogens with zero attached hydrogens (tertiary/aromatic N) is 3. The zero-order valence-electron chi connectivity index (χ0n) is 18.8. The minimum absolute atomic E-state index is 0.194. The van der Waals surface area contributed by atoms with E-state index in [4.69, 9.17) is 34.9 Å². The molecule has 173 valence electrons. The summed E-state index contributed by atoms with van der Waals surface area (Å²) in [7, 11) is 9.53. The number of rotatable bonds is 4. The van der Waals surface area contributed by atoms with Gasteiger partial charge < -0.3 is 4.74 Å². The molecule has 0 unspecified atom stereocenters. The van der Waals surface area contributed by atoms with Crippen LogP contribution in [-0.4, -0.2) is 55.7 Å². The van der Waals surface area contributed by atoms with Crippen molar-refractivity contribution in [3.8, 4) is 0 Å². The Morgan fingerprint density at radius 3 is 2.09 bits per heavy atom. The molecule has 7 heteroatoms. The molecule has 1 aliphatic carbocycles. The summed E-state index contributed by atoms with van der Waals surface area (Å²) in [4.78, 5) is 12.7. The average Bonchev–Trinajstić information content (AvgIpc) is 3.12. The Bertz CT molecular complexity index is 1160. The Morgan fingerprint density at radius 2 is 1.45 bits per heavy atom. The van der Waals surface area contributed by atoms with E-state index in [-0.39, 0.29) is 13.1 Å². The van der Waals surface area contributed by atoms with Crippen molar-refractivity contribution in [2.24, 2.45) is 9.98 Å². The summed E-state index contributed by atoms with van der Waals surface area (Å²) in [5.74, 6) is 0. The van der Waals surface area contributed by atoms with Gasteiger partial charge in [-0.3, -0.25) is 9.89 Å². The van der Waals surface area contributed by atoms with Crippen LogP contribution in [0.3, 0.4) is 0 Å². The van der Waals surface area contributed by atoms with E-state index in [1.807, 2.05) is 0 Å². The van der Waals surface area contributed by atoms with Gasteiger partial charge in [-0.25, -0.2) is 4.99 Å². The van der Waals surface area contributed by atoms with Crippen LogP contribution in [0.4, 0.5) is 5.69 Å². The standard InChI is InChI=1S/C26H27N3O.2ClH.Fe/c1-18-6-3-7-19(2)24(18)28-26-22-11-5-9-20-8-4-10-21(23(20)22)25(26)27-12-13-29-14-16-30-17-15-29;;;/h3-11H,12-17H2,1-2H3;2*1H;/q;;;+3/p-2. The van der Waals surface area contributed by atoms with Gasteiger partial charge in [0.15, 0.2) is 0 Å². The van der Waals surface area contributed by atoms with Crippen LogP contribution in [0.5, 0.6) is 0 Å². The van der Waals surface area contributed by atoms with Crippen molar-refractivity contribution >= 4 is 48.1 Å². The van der Waals surface area contributed by atoms with Gasteiger partial charge in [-0.05, 0) is 30.4 Å². The van der Waals surface area contributed by atoms with E-state index in [9.17, 15) is 0 Å². The van der Waals surface area contributed by atoms with Gasteiger partial charge in [0.25, 0.3) is 0 Å². The van der Waals surface area contributed by atoms with Crippen LogP contribution >= 0.6 is 20.2 Å². The number of benzene rings is 3. The van der Waals surface area contributed by atoms with Crippen LogP contribution in [0.1, 0.15) is 22.3 Å². The fourth-order valence-corrected chi connectivity index (χ4v) is 4.49. The molecule has 0 spiro atoms. The molecule has 0 aromatic heterocycles. The summed E-state index contributed by atoms with van der Waals surface area (Å²) in [5.41, 5.74) is 7.86. The average molecular weight is 524 g/mol. The second kappa shape index (κ2) is 11.6. The minimum atomic E-state index is 0.194. The Kier molecular flexibility index (Phi) is 8.59. The van der Waals surface area contributed by atoms with Crippen LogP contribution in [0.15, 0.2) is 64.6 Å². The zero-order chi connectivity index (χ0) is 23.2. The first-order valence-corrected chi connectivity index (χ1v) is 14.1. The molecule has 0 bridgehead atoms. The zero-order valence-corrected chi connectivity index (χ0v) is 21.4. The second-order valence-electron chi connectivity index (χ2n) is 8.14. The molecule has 33 heavy (non-hydrogen) atoms. The van der Waals surface area contributed by atoms with Crippen LogP contribution in [0.2, 0.25) is 0 Å². The number of para-hydroxylation sites is 1. The molecule has 1 saturated heterocycles. The van der Waals surface area contributed by atoms with Gasteiger partial charge in [-0.1, -0.05) is 54.6 Å². The van der Waals surface area contributed by atoms with Gasteiger partial charge >= 0.3 is 33.3 Å². The molecule has 3 aromatic rings. The van der Waals surface area contributed by atoms with Crippen molar-refractivity contribution in [1.82, 2.24) is 4.90 Å². The van der Waals surface area contributed by atoms with Crippen LogP contribution in [-0.2, 0) is 17.9 Å². The molecule has 0 radical (unpaired) electrons. The van der Waals surface area contributed by atoms with E-state index < -0.39 is 0 Å². The van der Waals surface area contributed by atoms with Crippen molar-refractivity contribution in [2.45, 2.75) is 13.8 Å². The molecule has 1 aliphatic heterocycles. The number of hydrogen-bond acceptors (Lipinski definition) is 4. The van der Waals surface area contributed by atoms with Gasteiger partial charge in [0, 0.05) is 36.1 Å². The normalized spacial score (nSPS) is 18.1. The Labute approximate surface area is 210 Å². The van der Waals surface area contributed by atoms with Gasteiger partial charge in [0.2, 0.25) is 0 Å². The number of aliphatic imine (C=N–C) groups is 2. The third kappa shape index (κ3) is 5.51. The molecular formula is C26H27Cl2FeN3O+. The molecule has 1 fully saturated rings. The Morgan fingerprint density at radius 1 is 0.879 bits per heavy atom. The van der Waals surface area contributed by atoms with E-state index in [1.54, 1.807) is 0 Å². The summed E-state index contributed by atoms with van der Waals surface area (Å²) < 4.78 is 5.47. The number of ether oxygens (including phenoxy) is 1. The molecule has 0 amide bonds. The Hall–Kier alpha value is -1.72. The van der Waals surface area contributed by atoms with Crippen molar-refractivity contribution in [1.29, 1.82) is 0 Å². The number of morpholine rings is 1. The predicted molar refractivity (Wildman–Crippen MR) is 136 cm³/mol. The molecule has 0 atom stereocenters. The molecule has 1 heterocycles. The molecule has 0 saturated carbocycles. The second-order valence-corrected chi connectivity index (χ2v) is 9.97. The monoisotopic (exact) mass is 523 g/mol. The quantitative estimate of drug-likeness (QED) is 0.388. The summed E-state index contributed by atoms with van der Waals surface area (Å²) in [6.45, 7) is 9.60. The fourth-order valence-electron chi connectivity index (χ4n) is 4.49. The first-order chi connectivity index (χ1) is 16.1. The van der Waals surface area contributed by atoms with E-state index in [0.29, 0.717) is 0 Å². The molecular weight excluding hydrogens is 497 g/mol. The van der Waals surface area contributed by atoms with E-state index in [0.717, 1.165) is 56.5 Å². The molecule has 4 nitrogen and oxygen atoms in total. The van der Waals surface area contributed by atoms with Gasteiger partial charge in [0.1, 0.15) is 0 Å². The molecule has 3 aromatic carbocycles. The maximum atomic E-state index is 5.47. The van der Waals surface area contributed by atoms with Crippen molar-refractivity contribution in [3.63, 3.8) is 0 Å². The first-order valence-electron chi connectivity index (χ1n) is 11.0. The fraction of sp³-hybridized carbons (Fsp3) is 0.308. The van der Waals surface area contributed by atoms with Crippen molar-refractivity contribution in [2.75, 3.05) is 39.4 Å². The molecule has 0 N–H and O–H groups in total. The predicted octanol–water partition coefficient (Wildman–Crippen LogP) is 6.09. The summed E-state index contributed by atoms with van der Waals surface area (Å²) in [5, 5.41) is 2.52. The van der Waals surface area contributed by atoms with Crippen molar-refractivity contribution in [3.05, 3.63) is 76.9 Å². The molecule has 2 aliphatic rings. The van der Waals surface area contributed by atoms with Gasteiger partial charge in [-0.15, -0.1) is 0 Å². The Balaban J connectivity index is 0.000000821. The third-order valence-electron chi connectivity index (χ3n) is 6.09. The van der Waals surface area contributed by atoms with Crippen molar-refractivity contribution < 1.29 is 17.9 Å². The van der Waals surface area contributed by atoms with Crippen LogP contribution in [0, 0.1) is 13.8 Å². The number of halogens is 2. The first kappa shape index (κ1) is 24.4. The SMILES string of the molecule is Cc1cccc(C)c1N=C1C(=NCCN2CCOCC2)c2cccc3cccc1c23.[Cl][Fe+][Cl]. The topological polar surface area (TPSA) is 37.2 Å². The summed E-state index contributed by atoms with van der Waals surface area (Å²) in [6, 6.07) is 19.3. The van der Waals surface area contributed by atoms with E-state index >= 15 is 0 Å². The molecule has 5 rings (SSSR count). The van der Waals surface area contributed by atoms with Crippen LogP contribution < -0.4 is 0 Å². The van der Waals surface area contributed by atoms with Gasteiger partial charge in [0.05, 0.1) is 36.9 Å². The number of hydrogen-bond donors (Lipinski definition) is 0. The van der Waals surface area contributed by atoms with E-state index in [1.165, 1.54) is 33.0 Å². The van der Waals surface area contributed by atoms with E-state index in [2.05, 4.69) is 73.3 Å². The van der Waals surface area contributed by atoms with Gasteiger partial charge in [-0.2, -0.15) is 0 Å². The number of aryl methyl sites for hydroxylation is 2. The van der Waals surface area contributed by atoms with Crippen LogP contribution in [0.25, 0.3) is 10.8 Å². The maximum absolute atomic E-state index is 5.47. The third-order valence-corrected chi connectivity index (χ3v) is 6.09.